The quantitative estimate of drug-likeness (QED) is 0.441. The zero-order valence-corrected chi connectivity index (χ0v) is 22.6. The van der Waals surface area contributed by atoms with Gasteiger partial charge in [0.1, 0.15) is 16.9 Å². The Morgan fingerprint density at radius 2 is 2.03 bits per heavy atom. The van der Waals surface area contributed by atoms with E-state index in [1.165, 1.54) is 48.7 Å². The van der Waals surface area contributed by atoms with Gasteiger partial charge in [-0.1, -0.05) is 71.1 Å². The summed E-state index contributed by atoms with van der Waals surface area (Å²) < 4.78 is 2.03. The zero-order valence-electron chi connectivity index (χ0n) is 20.9. The van der Waals surface area contributed by atoms with Crippen LogP contribution in [0.15, 0.2) is 5.16 Å². The summed E-state index contributed by atoms with van der Waals surface area (Å²) in [5.74, 6) is 2.50. The zero-order chi connectivity index (χ0) is 24.3. The number of hydrogen-bond acceptors (Lipinski definition) is 6. The first-order valence-corrected chi connectivity index (χ1v) is 14.5. The summed E-state index contributed by atoms with van der Waals surface area (Å²) in [6, 6.07) is 2.36. The van der Waals surface area contributed by atoms with Crippen LogP contribution in [-0.4, -0.2) is 26.4 Å². The lowest BCUT2D eigenvalue weighted by atomic mass is 9.69. The SMILES string of the molecule is CCC(C)(C)C1CCc2c(sc(NC(=O)CSc3nnc(CC4CCCCC4)n3C)c2C#N)C1. The molecule has 34 heavy (non-hydrogen) atoms. The Bertz CT molecular complexity index is 1060. The molecule has 4 rings (SSSR count). The Hall–Kier alpha value is -1.85. The highest BCUT2D eigenvalue weighted by atomic mass is 32.2. The molecule has 0 spiro atoms. The van der Waals surface area contributed by atoms with Gasteiger partial charge in [-0.25, -0.2) is 0 Å². The molecule has 184 valence electrons. The normalized spacial score (nSPS) is 19.0. The Labute approximate surface area is 211 Å². The highest BCUT2D eigenvalue weighted by Gasteiger charge is 2.34. The molecule has 0 radical (unpaired) electrons. The van der Waals surface area contributed by atoms with E-state index in [4.69, 9.17) is 0 Å². The molecular formula is C26H37N5OS2. The molecule has 1 saturated carbocycles. The molecule has 6 nitrogen and oxygen atoms in total. The number of fused-ring (bicyclic) bond motifs is 1. The first-order chi connectivity index (χ1) is 16.3. The fraction of sp³-hybridized carbons (Fsp3) is 0.692. The van der Waals surface area contributed by atoms with Crippen LogP contribution in [0.5, 0.6) is 0 Å². The monoisotopic (exact) mass is 499 g/mol. The molecule has 2 aromatic heterocycles. The van der Waals surface area contributed by atoms with E-state index in [0.29, 0.717) is 27.8 Å². The standard InChI is InChI=1S/C26H37N5OS2/c1-5-26(2,3)18-11-12-19-20(15-27)24(34-21(19)14-18)28-23(32)16-33-25-30-29-22(31(25)4)13-17-9-7-6-8-10-17/h17-18H,5-14,16H2,1-4H3,(H,28,32). The number of thiophene rings is 1. The van der Waals surface area contributed by atoms with E-state index in [2.05, 4.69) is 42.4 Å². The average Bonchev–Trinajstić information content (AvgIpc) is 3.36. The van der Waals surface area contributed by atoms with Gasteiger partial charge in [0.2, 0.25) is 5.91 Å². The summed E-state index contributed by atoms with van der Waals surface area (Å²) >= 11 is 3.01. The van der Waals surface area contributed by atoms with Crippen LogP contribution in [0.3, 0.4) is 0 Å². The van der Waals surface area contributed by atoms with Crippen molar-refractivity contribution in [2.24, 2.45) is 24.3 Å². The molecule has 0 aromatic carbocycles. The van der Waals surface area contributed by atoms with Crippen molar-refractivity contribution in [3.8, 4) is 6.07 Å². The van der Waals surface area contributed by atoms with Gasteiger partial charge < -0.3 is 9.88 Å². The Balaban J connectivity index is 1.36. The summed E-state index contributed by atoms with van der Waals surface area (Å²) in [5, 5.41) is 23.1. The van der Waals surface area contributed by atoms with Crippen LogP contribution in [0, 0.1) is 28.6 Å². The van der Waals surface area contributed by atoms with Crippen molar-refractivity contribution in [3.05, 3.63) is 21.8 Å². The predicted octanol–water partition coefficient (Wildman–Crippen LogP) is 6.14. The second-order valence-electron chi connectivity index (χ2n) is 10.6. The molecule has 0 aliphatic heterocycles. The lowest BCUT2D eigenvalue weighted by molar-refractivity contribution is -0.113. The van der Waals surface area contributed by atoms with Gasteiger partial charge in [-0.15, -0.1) is 21.5 Å². The van der Waals surface area contributed by atoms with Gasteiger partial charge in [-0.05, 0) is 42.1 Å². The fourth-order valence-corrected chi connectivity index (χ4v) is 7.36. The highest BCUT2D eigenvalue weighted by Crippen LogP contribution is 2.45. The second-order valence-corrected chi connectivity index (χ2v) is 12.7. The summed E-state index contributed by atoms with van der Waals surface area (Å²) in [6.07, 6.45) is 11.7. The van der Waals surface area contributed by atoms with E-state index in [-0.39, 0.29) is 11.7 Å². The number of nitrogens with one attached hydrogen (secondary N) is 1. The minimum absolute atomic E-state index is 0.0950. The van der Waals surface area contributed by atoms with Crippen LogP contribution in [0.1, 0.15) is 87.5 Å². The number of carbonyl (C=O) groups is 1. The van der Waals surface area contributed by atoms with Crippen molar-refractivity contribution in [3.63, 3.8) is 0 Å². The van der Waals surface area contributed by atoms with Crippen molar-refractivity contribution in [2.75, 3.05) is 11.1 Å². The van der Waals surface area contributed by atoms with E-state index < -0.39 is 0 Å². The third-order valence-electron chi connectivity index (χ3n) is 8.10. The van der Waals surface area contributed by atoms with Gasteiger partial charge in [0.15, 0.2) is 5.16 Å². The first-order valence-electron chi connectivity index (χ1n) is 12.7. The molecule has 1 N–H and O–H groups in total. The summed E-state index contributed by atoms with van der Waals surface area (Å²) in [7, 11) is 1.99. The van der Waals surface area contributed by atoms with Crippen molar-refractivity contribution in [1.29, 1.82) is 5.26 Å². The van der Waals surface area contributed by atoms with E-state index in [1.54, 1.807) is 11.3 Å². The molecule has 1 fully saturated rings. The van der Waals surface area contributed by atoms with E-state index >= 15 is 0 Å². The van der Waals surface area contributed by atoms with E-state index in [9.17, 15) is 10.1 Å². The van der Waals surface area contributed by atoms with Gasteiger partial charge in [0.05, 0.1) is 11.3 Å². The van der Waals surface area contributed by atoms with Crippen molar-refractivity contribution >= 4 is 34.0 Å². The van der Waals surface area contributed by atoms with Crippen LogP contribution < -0.4 is 5.32 Å². The molecule has 2 aliphatic carbocycles. The molecule has 0 bridgehead atoms. The third kappa shape index (κ3) is 5.52. The maximum absolute atomic E-state index is 12.8. The molecule has 1 unspecified atom stereocenters. The smallest absolute Gasteiger partial charge is 0.235 e. The number of nitrogens with zero attached hydrogens (tertiary/aromatic N) is 4. The van der Waals surface area contributed by atoms with Gasteiger partial charge in [-0.2, -0.15) is 5.26 Å². The topological polar surface area (TPSA) is 83.6 Å². The van der Waals surface area contributed by atoms with Crippen molar-refractivity contribution in [1.82, 2.24) is 14.8 Å². The van der Waals surface area contributed by atoms with Gasteiger partial charge in [0, 0.05) is 18.3 Å². The minimum Gasteiger partial charge on any atom is -0.316 e. The highest BCUT2D eigenvalue weighted by molar-refractivity contribution is 7.99. The number of nitriles is 1. The number of hydrogen-bond donors (Lipinski definition) is 1. The molecular weight excluding hydrogens is 462 g/mol. The maximum atomic E-state index is 12.8. The van der Waals surface area contributed by atoms with Crippen molar-refractivity contribution in [2.45, 2.75) is 90.1 Å². The van der Waals surface area contributed by atoms with E-state index in [1.807, 2.05) is 11.6 Å². The molecule has 1 atom stereocenters. The van der Waals surface area contributed by atoms with Crippen LogP contribution in [0.25, 0.3) is 0 Å². The van der Waals surface area contributed by atoms with Crippen LogP contribution in [-0.2, 0) is 31.1 Å². The number of rotatable bonds is 8. The van der Waals surface area contributed by atoms with Crippen molar-refractivity contribution < 1.29 is 4.79 Å². The number of anilines is 1. The van der Waals surface area contributed by atoms with Crippen LogP contribution in [0.2, 0.25) is 0 Å². The van der Waals surface area contributed by atoms with Gasteiger partial charge >= 0.3 is 0 Å². The van der Waals surface area contributed by atoms with Gasteiger partial charge in [-0.3, -0.25) is 4.79 Å². The number of amides is 1. The summed E-state index contributed by atoms with van der Waals surface area (Å²) in [5.41, 5.74) is 2.11. The van der Waals surface area contributed by atoms with Crippen LogP contribution >= 0.6 is 23.1 Å². The average molecular weight is 500 g/mol. The lowest BCUT2D eigenvalue weighted by Crippen LogP contribution is -2.28. The minimum atomic E-state index is -0.0950. The number of carbonyl (C=O) groups excluding carboxylic acids is 1. The molecule has 1 amide bonds. The molecule has 2 aromatic rings. The first kappa shape index (κ1) is 25.2. The molecule has 0 saturated heterocycles. The van der Waals surface area contributed by atoms with Crippen LogP contribution in [0.4, 0.5) is 5.00 Å². The van der Waals surface area contributed by atoms with Gasteiger partial charge in [0.25, 0.3) is 0 Å². The Morgan fingerprint density at radius 1 is 1.26 bits per heavy atom. The maximum Gasteiger partial charge on any atom is 0.235 e. The Morgan fingerprint density at radius 3 is 2.74 bits per heavy atom. The predicted molar refractivity (Wildman–Crippen MR) is 139 cm³/mol. The second kappa shape index (κ2) is 10.8. The largest absolute Gasteiger partial charge is 0.316 e. The molecule has 2 heterocycles. The fourth-order valence-electron chi connectivity index (χ4n) is 5.34. The number of thioether (sulfide) groups is 1. The van der Waals surface area contributed by atoms with E-state index in [0.717, 1.165) is 48.6 Å². The molecule has 2 aliphatic rings. The third-order valence-corrected chi connectivity index (χ3v) is 10.3. The molecule has 8 heteroatoms. The summed E-state index contributed by atoms with van der Waals surface area (Å²) in [4.78, 5) is 14.1. The number of aromatic nitrogens is 3. The summed E-state index contributed by atoms with van der Waals surface area (Å²) in [6.45, 7) is 6.94. The lowest BCUT2D eigenvalue weighted by Gasteiger charge is -2.36. The Kier molecular flexibility index (Phi) is 8.04.